The molecule has 0 radical (unpaired) electrons. The number of benzene rings is 1. The Labute approximate surface area is 137 Å². The largest absolute Gasteiger partial charge is 0.355 e. The zero-order valence-corrected chi connectivity index (χ0v) is 13.8. The molecule has 0 aromatic heterocycles. The summed E-state index contributed by atoms with van der Waals surface area (Å²) in [5.74, 6) is -0.192. The summed E-state index contributed by atoms with van der Waals surface area (Å²) in [6.45, 7) is 6.36. The summed E-state index contributed by atoms with van der Waals surface area (Å²) in [6.07, 6.45) is 2.83. The van der Waals surface area contributed by atoms with E-state index in [-0.39, 0.29) is 17.7 Å². The number of rotatable bonds is 5. The maximum atomic E-state index is 12.3. The Balaban J connectivity index is 1.50. The Morgan fingerprint density at radius 3 is 2.61 bits per heavy atom. The standard InChI is InChI=1S/C18H25N3O2/c1-14-4-6-16(7-5-14)21-13-15(12-17(21)22)18(23)19-8-11-20-9-2-3-10-20/h4-7,15H,2-3,8-13H2,1H3,(H,19,23). The summed E-state index contributed by atoms with van der Waals surface area (Å²) in [6, 6.07) is 7.87. The van der Waals surface area contributed by atoms with E-state index in [1.807, 2.05) is 31.2 Å². The number of carbonyl (C=O) groups excluding carboxylic acids is 2. The van der Waals surface area contributed by atoms with Gasteiger partial charge in [0.1, 0.15) is 0 Å². The zero-order valence-electron chi connectivity index (χ0n) is 13.8. The van der Waals surface area contributed by atoms with E-state index in [0.717, 1.165) is 30.9 Å². The molecule has 2 fully saturated rings. The van der Waals surface area contributed by atoms with Gasteiger partial charge in [-0.25, -0.2) is 0 Å². The first-order chi connectivity index (χ1) is 11.1. The van der Waals surface area contributed by atoms with Crippen molar-refractivity contribution in [2.45, 2.75) is 26.2 Å². The molecule has 1 aromatic carbocycles. The average molecular weight is 315 g/mol. The van der Waals surface area contributed by atoms with Gasteiger partial charge in [0, 0.05) is 31.7 Å². The third-order valence-corrected chi connectivity index (χ3v) is 4.77. The first kappa shape index (κ1) is 16.0. The monoisotopic (exact) mass is 315 g/mol. The van der Waals surface area contributed by atoms with Crippen LogP contribution in [0.15, 0.2) is 24.3 Å². The van der Waals surface area contributed by atoms with Crippen LogP contribution < -0.4 is 10.2 Å². The number of carbonyl (C=O) groups is 2. The molecule has 1 unspecified atom stereocenters. The first-order valence-electron chi connectivity index (χ1n) is 8.50. The lowest BCUT2D eigenvalue weighted by Crippen LogP contribution is -2.37. The number of hydrogen-bond acceptors (Lipinski definition) is 3. The lowest BCUT2D eigenvalue weighted by Gasteiger charge is -2.18. The Hall–Kier alpha value is -1.88. The molecular formula is C18H25N3O2. The summed E-state index contributed by atoms with van der Waals surface area (Å²) < 4.78 is 0. The molecule has 2 amide bonds. The van der Waals surface area contributed by atoms with Gasteiger partial charge in [-0.1, -0.05) is 17.7 Å². The quantitative estimate of drug-likeness (QED) is 0.897. The fourth-order valence-electron chi connectivity index (χ4n) is 3.35. The number of hydrogen-bond donors (Lipinski definition) is 1. The Morgan fingerprint density at radius 2 is 1.91 bits per heavy atom. The van der Waals surface area contributed by atoms with Crippen molar-refractivity contribution in [3.05, 3.63) is 29.8 Å². The van der Waals surface area contributed by atoms with Gasteiger partial charge in [0.25, 0.3) is 0 Å². The van der Waals surface area contributed by atoms with Crippen LogP contribution in [0.3, 0.4) is 0 Å². The van der Waals surface area contributed by atoms with Crippen LogP contribution in [0.25, 0.3) is 0 Å². The average Bonchev–Trinajstić information content (AvgIpc) is 3.18. The first-order valence-corrected chi connectivity index (χ1v) is 8.50. The van der Waals surface area contributed by atoms with Crippen molar-refractivity contribution in [1.29, 1.82) is 0 Å². The molecule has 23 heavy (non-hydrogen) atoms. The van der Waals surface area contributed by atoms with Crippen LogP contribution in [0.2, 0.25) is 0 Å². The summed E-state index contributed by atoms with van der Waals surface area (Å²) >= 11 is 0. The van der Waals surface area contributed by atoms with E-state index in [1.165, 1.54) is 12.8 Å². The molecule has 1 N–H and O–H groups in total. The van der Waals surface area contributed by atoms with Crippen LogP contribution in [0, 0.1) is 12.8 Å². The van der Waals surface area contributed by atoms with Gasteiger partial charge < -0.3 is 15.1 Å². The van der Waals surface area contributed by atoms with Gasteiger partial charge in [-0.05, 0) is 45.0 Å². The van der Waals surface area contributed by atoms with Crippen molar-refractivity contribution in [2.75, 3.05) is 37.6 Å². The van der Waals surface area contributed by atoms with Crippen molar-refractivity contribution < 1.29 is 9.59 Å². The minimum atomic E-state index is -0.234. The Morgan fingerprint density at radius 1 is 1.22 bits per heavy atom. The van der Waals surface area contributed by atoms with E-state index >= 15 is 0 Å². The number of amides is 2. The van der Waals surface area contributed by atoms with Gasteiger partial charge in [0.05, 0.1) is 5.92 Å². The van der Waals surface area contributed by atoms with Crippen LogP contribution in [0.4, 0.5) is 5.69 Å². The third kappa shape index (κ3) is 3.91. The molecule has 5 heteroatoms. The fourth-order valence-corrected chi connectivity index (χ4v) is 3.35. The zero-order chi connectivity index (χ0) is 16.2. The molecule has 0 saturated carbocycles. The SMILES string of the molecule is Cc1ccc(N2CC(C(=O)NCCN3CCCC3)CC2=O)cc1. The number of anilines is 1. The number of nitrogens with one attached hydrogen (secondary N) is 1. The van der Waals surface area contributed by atoms with Crippen LogP contribution in [0.5, 0.6) is 0 Å². The summed E-state index contributed by atoms with van der Waals surface area (Å²) in [7, 11) is 0. The van der Waals surface area contributed by atoms with Crippen molar-refractivity contribution in [3.8, 4) is 0 Å². The summed E-state index contributed by atoms with van der Waals surface area (Å²) in [4.78, 5) is 28.6. The van der Waals surface area contributed by atoms with Crippen molar-refractivity contribution in [1.82, 2.24) is 10.2 Å². The van der Waals surface area contributed by atoms with E-state index in [9.17, 15) is 9.59 Å². The van der Waals surface area contributed by atoms with Gasteiger partial charge in [-0.2, -0.15) is 0 Å². The minimum absolute atomic E-state index is 0.00663. The molecule has 5 nitrogen and oxygen atoms in total. The lowest BCUT2D eigenvalue weighted by molar-refractivity contribution is -0.126. The fraction of sp³-hybridized carbons (Fsp3) is 0.556. The molecule has 124 valence electrons. The molecular weight excluding hydrogens is 290 g/mol. The summed E-state index contributed by atoms with van der Waals surface area (Å²) in [5.41, 5.74) is 2.05. The topological polar surface area (TPSA) is 52.7 Å². The Bertz CT molecular complexity index is 564. The molecule has 1 atom stereocenters. The van der Waals surface area contributed by atoms with E-state index in [4.69, 9.17) is 0 Å². The highest BCUT2D eigenvalue weighted by atomic mass is 16.2. The lowest BCUT2D eigenvalue weighted by atomic mass is 10.1. The normalized spacial score (nSPS) is 21.9. The highest BCUT2D eigenvalue weighted by molar-refractivity contribution is 6.00. The van der Waals surface area contributed by atoms with E-state index in [1.54, 1.807) is 4.90 Å². The molecule has 0 bridgehead atoms. The maximum absolute atomic E-state index is 12.3. The van der Waals surface area contributed by atoms with Crippen LogP contribution in [-0.4, -0.2) is 49.4 Å². The number of likely N-dealkylation sites (tertiary alicyclic amines) is 1. The number of aryl methyl sites for hydroxylation is 1. The molecule has 3 rings (SSSR count). The predicted octanol–water partition coefficient (Wildman–Crippen LogP) is 1.56. The number of nitrogens with zero attached hydrogens (tertiary/aromatic N) is 2. The van der Waals surface area contributed by atoms with Crippen molar-refractivity contribution in [2.24, 2.45) is 5.92 Å². The second-order valence-corrected chi connectivity index (χ2v) is 6.58. The second-order valence-electron chi connectivity index (χ2n) is 6.58. The summed E-state index contributed by atoms with van der Waals surface area (Å²) in [5, 5.41) is 2.99. The highest BCUT2D eigenvalue weighted by Crippen LogP contribution is 2.25. The van der Waals surface area contributed by atoms with Gasteiger partial charge in [0.15, 0.2) is 0 Å². The molecule has 0 spiro atoms. The minimum Gasteiger partial charge on any atom is -0.355 e. The van der Waals surface area contributed by atoms with Gasteiger partial charge in [-0.15, -0.1) is 0 Å². The molecule has 2 aliphatic heterocycles. The maximum Gasteiger partial charge on any atom is 0.227 e. The van der Waals surface area contributed by atoms with Gasteiger partial charge >= 0.3 is 0 Å². The highest BCUT2D eigenvalue weighted by Gasteiger charge is 2.34. The van der Waals surface area contributed by atoms with Gasteiger partial charge in [-0.3, -0.25) is 9.59 Å². The van der Waals surface area contributed by atoms with Crippen LogP contribution in [0.1, 0.15) is 24.8 Å². The van der Waals surface area contributed by atoms with E-state index in [0.29, 0.717) is 19.5 Å². The van der Waals surface area contributed by atoms with E-state index < -0.39 is 0 Å². The van der Waals surface area contributed by atoms with Gasteiger partial charge in [0.2, 0.25) is 11.8 Å². The Kier molecular flexibility index (Phi) is 4.96. The van der Waals surface area contributed by atoms with Crippen LogP contribution >= 0.6 is 0 Å². The molecule has 1 aromatic rings. The van der Waals surface area contributed by atoms with E-state index in [2.05, 4.69) is 10.2 Å². The third-order valence-electron chi connectivity index (χ3n) is 4.77. The van der Waals surface area contributed by atoms with Crippen LogP contribution in [-0.2, 0) is 9.59 Å². The second kappa shape index (κ2) is 7.13. The predicted molar refractivity (Wildman–Crippen MR) is 90.3 cm³/mol. The van der Waals surface area contributed by atoms with Crippen molar-refractivity contribution >= 4 is 17.5 Å². The molecule has 2 aliphatic rings. The smallest absolute Gasteiger partial charge is 0.227 e. The molecule has 0 aliphatic carbocycles. The molecule has 2 heterocycles. The van der Waals surface area contributed by atoms with Crippen molar-refractivity contribution in [3.63, 3.8) is 0 Å². The molecule has 2 saturated heterocycles.